The van der Waals surface area contributed by atoms with Gasteiger partial charge in [0.05, 0.1) is 11.3 Å². The Bertz CT molecular complexity index is 828. The average Bonchev–Trinajstić information content (AvgIpc) is 3.03. The van der Waals surface area contributed by atoms with E-state index in [1.54, 1.807) is 24.7 Å². The summed E-state index contributed by atoms with van der Waals surface area (Å²) in [7, 11) is 0. The minimum atomic E-state index is -0.964. The number of pyridine rings is 2. The number of hydrogen-bond donors (Lipinski definition) is 1. The van der Waals surface area contributed by atoms with Crippen molar-refractivity contribution in [2.75, 3.05) is 0 Å². The van der Waals surface area contributed by atoms with Crippen LogP contribution in [0.15, 0.2) is 49.1 Å². The molecule has 0 radical (unpaired) electrons. The normalized spacial score (nSPS) is 10.9. The molecule has 0 unspecified atom stereocenters. The largest absolute Gasteiger partial charge is 0.478 e. The summed E-state index contributed by atoms with van der Waals surface area (Å²) in [6.45, 7) is 0. The molecule has 0 amide bonds. The van der Waals surface area contributed by atoms with E-state index in [0.717, 1.165) is 15.4 Å². The number of thiazole rings is 1. The van der Waals surface area contributed by atoms with Crippen molar-refractivity contribution in [3.63, 3.8) is 0 Å². The molecule has 0 bridgehead atoms. The lowest BCUT2D eigenvalue weighted by atomic mass is 10.2. The van der Waals surface area contributed by atoms with Gasteiger partial charge in [0.2, 0.25) is 0 Å². The second-order valence-corrected chi connectivity index (χ2v) is 5.48. The first-order valence-corrected chi connectivity index (χ1v) is 7.28. The smallest absolute Gasteiger partial charge is 0.335 e. The predicted molar refractivity (Wildman–Crippen MR) is 85.5 cm³/mol. The van der Waals surface area contributed by atoms with E-state index in [2.05, 4.69) is 15.0 Å². The summed E-state index contributed by atoms with van der Waals surface area (Å²) in [4.78, 5) is 24.4. The lowest BCUT2D eigenvalue weighted by molar-refractivity contribution is 0.0696. The van der Waals surface area contributed by atoms with Gasteiger partial charge < -0.3 is 5.11 Å². The summed E-state index contributed by atoms with van der Waals surface area (Å²) < 4.78 is 0. The summed E-state index contributed by atoms with van der Waals surface area (Å²) >= 11 is 1.53. The molecule has 3 rings (SSSR count). The molecule has 0 aliphatic rings. The lowest BCUT2D eigenvalue weighted by Crippen LogP contribution is -1.96. The zero-order valence-electron chi connectivity index (χ0n) is 11.4. The molecule has 0 saturated heterocycles. The van der Waals surface area contributed by atoms with Crippen LogP contribution in [-0.4, -0.2) is 26.0 Å². The Morgan fingerprint density at radius 1 is 1.14 bits per heavy atom. The molecule has 0 aliphatic carbocycles. The van der Waals surface area contributed by atoms with E-state index in [1.165, 1.54) is 29.7 Å². The number of nitrogens with zero attached hydrogens (tertiary/aromatic N) is 3. The van der Waals surface area contributed by atoms with Gasteiger partial charge in [-0.15, -0.1) is 11.3 Å². The number of hydrogen-bond acceptors (Lipinski definition) is 5. The molecule has 0 spiro atoms. The summed E-state index contributed by atoms with van der Waals surface area (Å²) in [6, 6.07) is 6.82. The van der Waals surface area contributed by atoms with Crippen LogP contribution >= 0.6 is 11.3 Å². The molecular weight excluding hydrogens is 298 g/mol. The topological polar surface area (TPSA) is 76.0 Å². The van der Waals surface area contributed by atoms with Crippen molar-refractivity contribution in [3.05, 3.63) is 65.2 Å². The Morgan fingerprint density at radius 2 is 2.05 bits per heavy atom. The standard InChI is InChI=1S/C16H11N3O2S/c20-16(21)11-5-7-18-13(8-11)3-4-14-10-19-15(22-14)12-2-1-6-17-9-12/h1-10H,(H,20,21)/b4-3+. The summed E-state index contributed by atoms with van der Waals surface area (Å²) in [5.74, 6) is -0.964. The molecule has 3 aromatic heterocycles. The number of rotatable bonds is 4. The van der Waals surface area contributed by atoms with Crippen molar-refractivity contribution in [2.24, 2.45) is 0 Å². The number of carboxylic acid groups (broad SMARTS) is 1. The van der Waals surface area contributed by atoms with Crippen LogP contribution in [0.25, 0.3) is 22.7 Å². The third kappa shape index (κ3) is 3.24. The average molecular weight is 309 g/mol. The highest BCUT2D eigenvalue weighted by atomic mass is 32.1. The van der Waals surface area contributed by atoms with Gasteiger partial charge in [-0.05, 0) is 36.4 Å². The molecule has 0 atom stereocenters. The molecule has 3 heterocycles. The zero-order chi connectivity index (χ0) is 15.4. The van der Waals surface area contributed by atoms with E-state index in [0.29, 0.717) is 5.69 Å². The van der Waals surface area contributed by atoms with E-state index in [4.69, 9.17) is 5.11 Å². The highest BCUT2D eigenvalue weighted by Crippen LogP contribution is 2.25. The quantitative estimate of drug-likeness (QED) is 0.798. The van der Waals surface area contributed by atoms with E-state index in [1.807, 2.05) is 18.2 Å². The van der Waals surface area contributed by atoms with E-state index in [-0.39, 0.29) is 5.56 Å². The van der Waals surface area contributed by atoms with Crippen LogP contribution in [0.4, 0.5) is 0 Å². The number of carboxylic acids is 1. The van der Waals surface area contributed by atoms with Gasteiger partial charge in [0.1, 0.15) is 5.01 Å². The Morgan fingerprint density at radius 3 is 2.82 bits per heavy atom. The predicted octanol–water partition coefficient (Wildman–Crippen LogP) is 3.47. The van der Waals surface area contributed by atoms with E-state index in [9.17, 15) is 4.79 Å². The summed E-state index contributed by atoms with van der Waals surface area (Å²) in [5, 5.41) is 9.85. The Hall–Kier alpha value is -2.86. The van der Waals surface area contributed by atoms with Crippen LogP contribution in [0.3, 0.4) is 0 Å². The molecule has 3 aromatic rings. The molecule has 6 heteroatoms. The SMILES string of the molecule is O=C(O)c1ccnc(/C=C/c2cnc(-c3cccnc3)s2)c1. The van der Waals surface area contributed by atoms with Gasteiger partial charge in [0, 0.05) is 35.2 Å². The van der Waals surface area contributed by atoms with Crippen molar-refractivity contribution in [1.82, 2.24) is 15.0 Å². The van der Waals surface area contributed by atoms with Gasteiger partial charge in [0.25, 0.3) is 0 Å². The van der Waals surface area contributed by atoms with Gasteiger partial charge in [-0.25, -0.2) is 9.78 Å². The monoisotopic (exact) mass is 309 g/mol. The molecule has 108 valence electrons. The lowest BCUT2D eigenvalue weighted by Gasteiger charge is -1.95. The fourth-order valence-electron chi connectivity index (χ4n) is 1.83. The fraction of sp³-hybridized carbons (Fsp3) is 0. The van der Waals surface area contributed by atoms with Crippen LogP contribution in [-0.2, 0) is 0 Å². The Balaban J connectivity index is 1.80. The minimum absolute atomic E-state index is 0.218. The second kappa shape index (κ2) is 6.28. The molecular formula is C16H11N3O2S. The van der Waals surface area contributed by atoms with Gasteiger partial charge >= 0.3 is 5.97 Å². The number of aromatic carboxylic acids is 1. The zero-order valence-corrected chi connectivity index (χ0v) is 12.2. The maximum atomic E-state index is 10.9. The first kappa shape index (κ1) is 14.1. The minimum Gasteiger partial charge on any atom is -0.478 e. The molecule has 5 nitrogen and oxygen atoms in total. The Labute approximate surface area is 130 Å². The molecule has 22 heavy (non-hydrogen) atoms. The summed E-state index contributed by atoms with van der Waals surface area (Å²) in [5.41, 5.74) is 1.78. The fourth-order valence-corrected chi connectivity index (χ4v) is 2.64. The van der Waals surface area contributed by atoms with Gasteiger partial charge in [0.15, 0.2) is 0 Å². The maximum absolute atomic E-state index is 10.9. The van der Waals surface area contributed by atoms with Crippen molar-refractivity contribution in [3.8, 4) is 10.6 Å². The highest BCUT2D eigenvalue weighted by Gasteiger charge is 2.04. The molecule has 0 saturated carbocycles. The maximum Gasteiger partial charge on any atom is 0.335 e. The van der Waals surface area contributed by atoms with Gasteiger partial charge in [-0.1, -0.05) is 0 Å². The van der Waals surface area contributed by atoms with Crippen LogP contribution in [0.1, 0.15) is 20.9 Å². The van der Waals surface area contributed by atoms with Gasteiger partial charge in [-0.2, -0.15) is 0 Å². The third-order valence-electron chi connectivity index (χ3n) is 2.88. The first-order valence-electron chi connectivity index (χ1n) is 6.46. The van der Waals surface area contributed by atoms with Crippen LogP contribution in [0.2, 0.25) is 0 Å². The molecule has 0 aliphatic heterocycles. The highest BCUT2D eigenvalue weighted by molar-refractivity contribution is 7.15. The summed E-state index contributed by atoms with van der Waals surface area (Å²) in [6.07, 6.45) is 10.4. The van der Waals surface area contributed by atoms with Crippen molar-refractivity contribution < 1.29 is 9.90 Å². The molecule has 0 fully saturated rings. The number of carbonyl (C=O) groups is 1. The molecule has 1 N–H and O–H groups in total. The first-order chi connectivity index (χ1) is 10.7. The van der Waals surface area contributed by atoms with Gasteiger partial charge in [-0.3, -0.25) is 9.97 Å². The number of aromatic nitrogens is 3. The van der Waals surface area contributed by atoms with Crippen LogP contribution < -0.4 is 0 Å². The third-order valence-corrected chi connectivity index (χ3v) is 3.89. The van der Waals surface area contributed by atoms with Crippen LogP contribution in [0, 0.1) is 0 Å². The van der Waals surface area contributed by atoms with Crippen molar-refractivity contribution >= 4 is 29.5 Å². The van der Waals surface area contributed by atoms with Crippen molar-refractivity contribution in [1.29, 1.82) is 0 Å². The van der Waals surface area contributed by atoms with E-state index >= 15 is 0 Å². The van der Waals surface area contributed by atoms with E-state index < -0.39 is 5.97 Å². The van der Waals surface area contributed by atoms with Crippen molar-refractivity contribution in [2.45, 2.75) is 0 Å². The Kier molecular flexibility index (Phi) is 4.02. The second-order valence-electron chi connectivity index (χ2n) is 4.42. The van der Waals surface area contributed by atoms with Crippen LogP contribution in [0.5, 0.6) is 0 Å². The molecule has 0 aromatic carbocycles.